The van der Waals surface area contributed by atoms with Crippen molar-refractivity contribution in [2.75, 3.05) is 33.8 Å². The van der Waals surface area contributed by atoms with E-state index >= 15 is 0 Å². The first kappa shape index (κ1) is 41.2. The molecule has 2 aliphatic heterocycles. The van der Waals surface area contributed by atoms with Gasteiger partial charge in [0.25, 0.3) is 5.91 Å². The number of ether oxygens (including phenoxy) is 2. The van der Waals surface area contributed by atoms with Crippen molar-refractivity contribution in [1.82, 2.24) is 40.0 Å². The molecule has 8 rings (SSSR count). The molecule has 2 aromatic heterocycles. The van der Waals surface area contributed by atoms with Crippen LogP contribution in [0.5, 0.6) is 0 Å². The van der Waals surface area contributed by atoms with Crippen LogP contribution in [0.15, 0.2) is 122 Å². The molecule has 4 heterocycles. The third-order valence-electron chi connectivity index (χ3n) is 11.1. The summed E-state index contributed by atoms with van der Waals surface area (Å²) in [7, 11) is 3.90. The van der Waals surface area contributed by atoms with E-state index in [9.17, 15) is 14.4 Å². The van der Waals surface area contributed by atoms with Gasteiger partial charge in [-0.15, -0.1) is 0 Å². The lowest BCUT2D eigenvalue weighted by Crippen LogP contribution is -2.44. The van der Waals surface area contributed by atoms with Gasteiger partial charge in [0.15, 0.2) is 12.1 Å². The molecule has 2 aliphatic rings. The smallest absolute Gasteiger partial charge is 0.408 e. The second-order valence-electron chi connectivity index (χ2n) is 16.7. The predicted octanol–water partition coefficient (Wildman–Crippen LogP) is 8.22. The van der Waals surface area contributed by atoms with Crippen molar-refractivity contribution in [3.63, 3.8) is 0 Å². The Morgan fingerprint density at radius 1 is 0.721 bits per heavy atom. The van der Waals surface area contributed by atoms with Crippen molar-refractivity contribution in [1.29, 1.82) is 0 Å². The molecule has 0 radical (unpaired) electrons. The zero-order valence-corrected chi connectivity index (χ0v) is 35.2. The van der Waals surface area contributed by atoms with Gasteiger partial charge in [0.2, 0.25) is 5.91 Å². The Labute approximate surface area is 356 Å². The van der Waals surface area contributed by atoms with Crippen LogP contribution in [0.4, 0.5) is 4.79 Å². The summed E-state index contributed by atoms with van der Waals surface area (Å²) in [5.74, 6) is 1.05. The van der Waals surface area contributed by atoms with E-state index in [-0.39, 0.29) is 23.9 Å². The number of likely N-dealkylation sites (N-methyl/N-ethyl adjacent to an activating group) is 1. The highest BCUT2D eigenvalue weighted by atomic mass is 16.6. The fourth-order valence-corrected chi connectivity index (χ4v) is 8.16. The van der Waals surface area contributed by atoms with Crippen LogP contribution < -0.4 is 5.32 Å². The highest BCUT2D eigenvalue weighted by Crippen LogP contribution is 2.36. The minimum absolute atomic E-state index is 0.0877. The van der Waals surface area contributed by atoms with Crippen LogP contribution in [0.25, 0.3) is 33.6 Å². The molecule has 13 heteroatoms. The number of imidazole rings is 2. The Balaban J connectivity index is 0.926. The van der Waals surface area contributed by atoms with Crippen molar-refractivity contribution in [2.24, 2.45) is 0 Å². The number of benzene rings is 4. The number of hydrogen-bond donors (Lipinski definition) is 3. The van der Waals surface area contributed by atoms with Gasteiger partial charge in [-0.25, -0.2) is 14.8 Å². The molecule has 13 nitrogen and oxygen atoms in total. The second-order valence-corrected chi connectivity index (χ2v) is 16.7. The van der Waals surface area contributed by atoms with Crippen molar-refractivity contribution in [3.8, 4) is 33.6 Å². The second kappa shape index (κ2) is 17.6. The summed E-state index contributed by atoms with van der Waals surface area (Å²) in [5.41, 5.74) is 6.61. The summed E-state index contributed by atoms with van der Waals surface area (Å²) in [6, 6.07) is 34.1. The van der Waals surface area contributed by atoms with E-state index in [1.807, 2.05) is 90.8 Å². The normalized spacial score (nSPS) is 17.7. The summed E-state index contributed by atoms with van der Waals surface area (Å²) in [4.78, 5) is 62.6. The van der Waals surface area contributed by atoms with Gasteiger partial charge in [-0.1, -0.05) is 109 Å². The molecule has 4 atom stereocenters. The molecule has 0 saturated carbocycles. The standard InChI is InChI=1S/C48H52N8O5/c1-48(2,3)61-47(59)53-40(35-13-8-6-9-14-35)44(57)56-27-28-60-46(56)43-50-30-38(52-43)34-24-20-32(21-25-34)31-18-22-33(23-19-31)37-29-49-42(51-37)39-17-12-26-55(39)45(58)41(54(4)5)36-15-10-7-11-16-36/h6-11,13-16,18-25,29-30,39-41,46H,12,17,26-28H2,1-5H3,(H,49,51)(H,50,52)(H,53,59)/t39-,40+,41+,46-/m0/s1. The molecule has 0 aliphatic carbocycles. The van der Waals surface area contributed by atoms with Crippen LogP contribution >= 0.6 is 0 Å². The number of alkyl carbamates (subject to hydrolysis) is 1. The molecule has 0 bridgehead atoms. The van der Waals surface area contributed by atoms with E-state index < -0.39 is 24.0 Å². The predicted molar refractivity (Wildman–Crippen MR) is 233 cm³/mol. The number of rotatable bonds is 11. The van der Waals surface area contributed by atoms with Crippen molar-refractivity contribution in [3.05, 3.63) is 144 Å². The average Bonchev–Trinajstić information content (AvgIpc) is 4.10. The number of H-pyrrole nitrogens is 2. The molecule has 4 aromatic carbocycles. The first-order valence-corrected chi connectivity index (χ1v) is 20.7. The van der Waals surface area contributed by atoms with Gasteiger partial charge in [0.05, 0.1) is 36.4 Å². The summed E-state index contributed by atoms with van der Waals surface area (Å²) in [6.45, 7) is 6.68. The molecule has 3 N–H and O–H groups in total. The molecule has 0 spiro atoms. The number of carbonyl (C=O) groups is 3. The molecule has 2 fully saturated rings. The summed E-state index contributed by atoms with van der Waals surface area (Å²) in [5, 5.41) is 2.77. The minimum atomic E-state index is -0.977. The first-order chi connectivity index (χ1) is 29.4. The van der Waals surface area contributed by atoms with Crippen LogP contribution in [-0.4, -0.2) is 91.9 Å². The Bertz CT molecular complexity index is 2440. The number of hydrogen-bond acceptors (Lipinski definition) is 8. The lowest BCUT2D eigenvalue weighted by atomic mass is 10.0. The van der Waals surface area contributed by atoms with Gasteiger partial charge in [-0.05, 0) is 81.1 Å². The van der Waals surface area contributed by atoms with Crippen molar-refractivity contribution < 1.29 is 23.9 Å². The molecule has 6 aromatic rings. The van der Waals surface area contributed by atoms with E-state index in [0.29, 0.717) is 31.1 Å². The fourth-order valence-electron chi connectivity index (χ4n) is 8.16. The molecule has 0 unspecified atom stereocenters. The minimum Gasteiger partial charge on any atom is -0.444 e. The Morgan fingerprint density at radius 2 is 1.26 bits per heavy atom. The van der Waals surface area contributed by atoms with E-state index in [1.165, 1.54) is 0 Å². The van der Waals surface area contributed by atoms with Crippen LogP contribution in [-0.2, 0) is 19.1 Å². The number of nitrogens with one attached hydrogen (secondary N) is 3. The molecule has 314 valence electrons. The van der Waals surface area contributed by atoms with Crippen molar-refractivity contribution in [2.45, 2.75) is 63.6 Å². The van der Waals surface area contributed by atoms with Crippen LogP contribution in [0.2, 0.25) is 0 Å². The Kier molecular flexibility index (Phi) is 11.9. The maximum absolute atomic E-state index is 14.1. The number of aromatic nitrogens is 4. The Morgan fingerprint density at radius 3 is 1.84 bits per heavy atom. The molecule has 3 amide bonds. The van der Waals surface area contributed by atoms with Crippen LogP contribution in [0.1, 0.15) is 80.7 Å². The SMILES string of the molecule is CN(C)[C@@H](C(=O)N1CCC[C@H]1c1ncc(-c2ccc(-c3ccc(-c4cnc([C@@H]5OCCN5C(=O)[C@H](NC(=O)OC(C)(C)C)c5ccccc5)[nH]4)cc3)cc2)[nH]1)c1ccccc1. The Hall–Kier alpha value is -6.57. The summed E-state index contributed by atoms with van der Waals surface area (Å²) in [6.07, 6.45) is 3.94. The zero-order chi connectivity index (χ0) is 42.7. The third kappa shape index (κ3) is 9.13. The van der Waals surface area contributed by atoms with Gasteiger partial charge in [0.1, 0.15) is 23.5 Å². The van der Waals surface area contributed by atoms with Gasteiger partial charge >= 0.3 is 6.09 Å². The lowest BCUT2D eigenvalue weighted by molar-refractivity contribution is -0.139. The van der Waals surface area contributed by atoms with Crippen LogP contribution in [0, 0.1) is 0 Å². The van der Waals surface area contributed by atoms with E-state index in [1.54, 1.807) is 44.0 Å². The lowest BCUT2D eigenvalue weighted by Gasteiger charge is -2.31. The van der Waals surface area contributed by atoms with Crippen LogP contribution in [0.3, 0.4) is 0 Å². The molecule has 2 saturated heterocycles. The molecule has 61 heavy (non-hydrogen) atoms. The fraction of sp³-hybridized carbons (Fsp3) is 0.312. The van der Waals surface area contributed by atoms with Crippen molar-refractivity contribution >= 4 is 17.9 Å². The third-order valence-corrected chi connectivity index (χ3v) is 11.1. The number of carbonyl (C=O) groups excluding carboxylic acids is 3. The number of likely N-dealkylation sites (tertiary alicyclic amines) is 1. The van der Waals surface area contributed by atoms with E-state index in [2.05, 4.69) is 56.7 Å². The largest absolute Gasteiger partial charge is 0.444 e. The molecular weight excluding hydrogens is 769 g/mol. The number of aromatic amines is 2. The van der Waals surface area contributed by atoms with Gasteiger partial charge in [-0.3, -0.25) is 14.5 Å². The maximum Gasteiger partial charge on any atom is 0.408 e. The van der Waals surface area contributed by atoms with E-state index in [0.717, 1.165) is 57.9 Å². The quantitative estimate of drug-likeness (QED) is 0.118. The average molecular weight is 821 g/mol. The van der Waals surface area contributed by atoms with Gasteiger partial charge in [-0.2, -0.15) is 0 Å². The summed E-state index contributed by atoms with van der Waals surface area (Å²) >= 11 is 0. The van der Waals surface area contributed by atoms with Gasteiger partial charge in [0, 0.05) is 13.1 Å². The highest BCUT2D eigenvalue weighted by Gasteiger charge is 2.39. The maximum atomic E-state index is 14.1. The monoisotopic (exact) mass is 820 g/mol. The van der Waals surface area contributed by atoms with Gasteiger partial charge < -0.3 is 34.6 Å². The highest BCUT2D eigenvalue weighted by molar-refractivity contribution is 5.87. The molecular formula is C48H52N8O5. The number of amides is 3. The topological polar surface area (TPSA) is 149 Å². The number of nitrogens with zero attached hydrogens (tertiary/aromatic N) is 5. The van der Waals surface area contributed by atoms with E-state index in [4.69, 9.17) is 14.5 Å². The zero-order valence-electron chi connectivity index (χ0n) is 35.2. The first-order valence-electron chi connectivity index (χ1n) is 20.7. The summed E-state index contributed by atoms with van der Waals surface area (Å²) < 4.78 is 11.5.